The summed E-state index contributed by atoms with van der Waals surface area (Å²) < 4.78 is 5.45. The van der Waals surface area contributed by atoms with Gasteiger partial charge in [0.1, 0.15) is 6.04 Å². The molecule has 1 saturated carbocycles. The van der Waals surface area contributed by atoms with E-state index in [1.54, 1.807) is 0 Å². The number of amides is 1. The summed E-state index contributed by atoms with van der Waals surface area (Å²) in [7, 11) is 0. The summed E-state index contributed by atoms with van der Waals surface area (Å²) in [6.45, 7) is 10.5. The molecule has 1 atom stereocenters. The van der Waals surface area contributed by atoms with Crippen LogP contribution in [0, 0.1) is 5.92 Å². The van der Waals surface area contributed by atoms with Crippen LogP contribution in [0.4, 0.5) is 0 Å². The topological polar surface area (TPSA) is 94.0 Å². The van der Waals surface area contributed by atoms with Crippen molar-refractivity contribution in [3.05, 3.63) is 47.1 Å². The number of halogens is 1. The smallest absolute Gasteiger partial charge is 0.251 e. The second-order valence-corrected chi connectivity index (χ2v) is 8.99. The molecular weight excluding hydrogens is 376 g/mol. The molecule has 1 amide bonds. The Hall–Kier alpha value is -1.92. The molecule has 2 aromatic rings. The Morgan fingerprint density at radius 3 is 2.29 bits per heavy atom. The number of aromatic nitrogens is 2. The van der Waals surface area contributed by atoms with E-state index in [0.717, 1.165) is 19.3 Å². The quantitative estimate of drug-likeness (QED) is 0.773. The Balaban J connectivity index is 0.00000280. The molecule has 1 aromatic carbocycles. The van der Waals surface area contributed by atoms with E-state index in [0.29, 0.717) is 17.3 Å². The number of nitrogens with one attached hydrogen (secondary N) is 1. The van der Waals surface area contributed by atoms with Gasteiger partial charge >= 0.3 is 0 Å². The molecule has 1 unspecified atom stereocenters. The highest BCUT2D eigenvalue weighted by atomic mass is 35.5. The Morgan fingerprint density at radius 1 is 1.21 bits per heavy atom. The fourth-order valence-electron chi connectivity index (χ4n) is 3.20. The molecule has 1 aliphatic carbocycles. The van der Waals surface area contributed by atoms with Crippen LogP contribution in [0.5, 0.6) is 0 Å². The zero-order valence-electron chi connectivity index (χ0n) is 17.3. The molecule has 1 heterocycles. The van der Waals surface area contributed by atoms with Crippen LogP contribution in [0.1, 0.15) is 87.6 Å². The first-order valence-corrected chi connectivity index (χ1v) is 9.64. The third-order valence-electron chi connectivity index (χ3n) is 5.37. The van der Waals surface area contributed by atoms with Gasteiger partial charge in [-0.3, -0.25) is 4.79 Å². The number of nitrogens with zero attached hydrogens (tertiary/aromatic N) is 2. The van der Waals surface area contributed by atoms with Gasteiger partial charge in [0, 0.05) is 5.56 Å². The van der Waals surface area contributed by atoms with Crippen LogP contribution >= 0.6 is 12.4 Å². The molecule has 1 aromatic heterocycles. The maximum absolute atomic E-state index is 12.7. The summed E-state index contributed by atoms with van der Waals surface area (Å²) >= 11 is 0. The van der Waals surface area contributed by atoms with Gasteiger partial charge in [0.25, 0.3) is 5.91 Å². The molecule has 0 aliphatic heterocycles. The van der Waals surface area contributed by atoms with E-state index < -0.39 is 5.54 Å². The monoisotopic (exact) mass is 406 g/mol. The number of rotatable bonds is 5. The maximum atomic E-state index is 12.7. The zero-order valence-corrected chi connectivity index (χ0v) is 18.1. The van der Waals surface area contributed by atoms with Crippen molar-refractivity contribution in [2.45, 2.75) is 70.9 Å². The molecule has 3 N–H and O–H groups in total. The van der Waals surface area contributed by atoms with E-state index >= 15 is 0 Å². The van der Waals surface area contributed by atoms with Crippen LogP contribution in [0.3, 0.4) is 0 Å². The van der Waals surface area contributed by atoms with E-state index in [9.17, 15) is 4.79 Å². The van der Waals surface area contributed by atoms with Crippen molar-refractivity contribution < 1.29 is 9.32 Å². The number of hydrogen-bond donors (Lipinski definition) is 2. The largest absolute Gasteiger partial charge is 0.340 e. The SMILES string of the molecule is CC(C)C(NC(=O)c1ccc(C(C)(C)C)cc1)c1nc(C2(N)CCC2)no1.Cl. The van der Waals surface area contributed by atoms with Crippen molar-refractivity contribution in [1.29, 1.82) is 0 Å². The lowest BCUT2D eigenvalue weighted by Crippen LogP contribution is -2.44. The van der Waals surface area contributed by atoms with Crippen LogP contribution in [0.2, 0.25) is 0 Å². The van der Waals surface area contributed by atoms with Crippen molar-refractivity contribution in [3.8, 4) is 0 Å². The lowest BCUT2D eigenvalue weighted by molar-refractivity contribution is 0.0914. The lowest BCUT2D eigenvalue weighted by Gasteiger charge is -2.34. The standard InChI is InChI=1S/C21H30N4O2.ClH/c1-13(2)16(18-24-19(25-27-18)21(22)11-6-12-21)23-17(26)14-7-9-15(10-8-14)20(3,4)5;/h7-10,13,16H,6,11-12,22H2,1-5H3,(H,23,26);1H. The Bertz CT molecular complexity index is 805. The summed E-state index contributed by atoms with van der Waals surface area (Å²) in [5.74, 6) is 0.904. The van der Waals surface area contributed by atoms with Crippen LogP contribution in [-0.2, 0) is 11.0 Å². The predicted molar refractivity (Wildman–Crippen MR) is 111 cm³/mol. The fraction of sp³-hybridized carbons (Fsp3) is 0.571. The van der Waals surface area contributed by atoms with Gasteiger partial charge in [0.2, 0.25) is 5.89 Å². The second-order valence-electron chi connectivity index (χ2n) is 8.99. The maximum Gasteiger partial charge on any atom is 0.251 e. The summed E-state index contributed by atoms with van der Waals surface area (Å²) in [6.07, 6.45) is 2.81. The van der Waals surface area contributed by atoms with Gasteiger partial charge in [0.15, 0.2) is 5.82 Å². The van der Waals surface area contributed by atoms with Crippen molar-refractivity contribution in [2.75, 3.05) is 0 Å². The van der Waals surface area contributed by atoms with E-state index in [1.165, 1.54) is 5.56 Å². The molecule has 3 rings (SSSR count). The van der Waals surface area contributed by atoms with Crippen molar-refractivity contribution in [3.63, 3.8) is 0 Å². The molecule has 1 aliphatic rings. The summed E-state index contributed by atoms with van der Waals surface area (Å²) in [5, 5.41) is 7.10. The molecule has 6 nitrogen and oxygen atoms in total. The fourth-order valence-corrected chi connectivity index (χ4v) is 3.20. The molecule has 1 fully saturated rings. The second kappa shape index (κ2) is 8.21. The van der Waals surface area contributed by atoms with Crippen LogP contribution < -0.4 is 11.1 Å². The minimum atomic E-state index is -0.476. The van der Waals surface area contributed by atoms with E-state index in [1.807, 2.05) is 38.1 Å². The number of benzene rings is 1. The Kier molecular flexibility index (Phi) is 6.56. The third kappa shape index (κ3) is 4.55. The number of hydrogen-bond acceptors (Lipinski definition) is 5. The first-order valence-electron chi connectivity index (χ1n) is 9.64. The molecule has 28 heavy (non-hydrogen) atoms. The van der Waals surface area contributed by atoms with Crippen LogP contribution in [0.15, 0.2) is 28.8 Å². The predicted octanol–water partition coefficient (Wildman–Crippen LogP) is 4.25. The summed E-state index contributed by atoms with van der Waals surface area (Å²) in [6, 6.07) is 7.35. The van der Waals surface area contributed by atoms with Crippen LogP contribution in [-0.4, -0.2) is 16.0 Å². The number of carbonyl (C=O) groups is 1. The molecule has 0 saturated heterocycles. The summed E-state index contributed by atoms with van der Waals surface area (Å²) in [5.41, 5.74) is 7.66. The Morgan fingerprint density at radius 2 is 1.82 bits per heavy atom. The average molecular weight is 407 g/mol. The highest BCUT2D eigenvalue weighted by Crippen LogP contribution is 2.37. The highest BCUT2D eigenvalue weighted by molar-refractivity contribution is 5.94. The average Bonchev–Trinajstić information content (AvgIpc) is 3.06. The summed E-state index contributed by atoms with van der Waals surface area (Å²) in [4.78, 5) is 17.2. The van der Waals surface area contributed by atoms with Gasteiger partial charge in [0.05, 0.1) is 5.54 Å². The highest BCUT2D eigenvalue weighted by Gasteiger charge is 2.40. The molecule has 0 bridgehead atoms. The van der Waals surface area contributed by atoms with Crippen molar-refractivity contribution >= 4 is 18.3 Å². The lowest BCUT2D eigenvalue weighted by atomic mass is 9.77. The van der Waals surface area contributed by atoms with Crippen LogP contribution in [0.25, 0.3) is 0 Å². The normalized spacial score (nSPS) is 16.8. The third-order valence-corrected chi connectivity index (χ3v) is 5.37. The zero-order chi connectivity index (χ0) is 19.8. The minimum Gasteiger partial charge on any atom is -0.340 e. The minimum absolute atomic E-state index is 0. The van der Waals surface area contributed by atoms with Gasteiger partial charge in [-0.25, -0.2) is 0 Å². The van der Waals surface area contributed by atoms with Gasteiger partial charge in [-0.2, -0.15) is 4.98 Å². The number of nitrogens with two attached hydrogens (primary N) is 1. The molecule has 0 radical (unpaired) electrons. The van der Waals surface area contributed by atoms with E-state index in [-0.39, 0.29) is 35.7 Å². The first-order chi connectivity index (χ1) is 12.6. The molecule has 7 heteroatoms. The van der Waals surface area contributed by atoms with Gasteiger partial charge in [-0.1, -0.05) is 51.9 Å². The van der Waals surface area contributed by atoms with Gasteiger partial charge in [-0.15, -0.1) is 12.4 Å². The van der Waals surface area contributed by atoms with Crippen molar-refractivity contribution in [2.24, 2.45) is 11.7 Å². The van der Waals surface area contributed by atoms with Gasteiger partial charge < -0.3 is 15.6 Å². The van der Waals surface area contributed by atoms with Crippen molar-refractivity contribution in [1.82, 2.24) is 15.5 Å². The van der Waals surface area contributed by atoms with E-state index in [4.69, 9.17) is 10.3 Å². The first kappa shape index (κ1) is 22.4. The molecule has 0 spiro atoms. The van der Waals surface area contributed by atoms with E-state index in [2.05, 4.69) is 36.2 Å². The van der Waals surface area contributed by atoms with Gasteiger partial charge in [-0.05, 0) is 48.3 Å². The molecule has 154 valence electrons. The molecular formula is C21H31ClN4O2. The number of carbonyl (C=O) groups excluding carboxylic acids is 1. The Labute approximate surface area is 173 Å².